The zero-order valence-corrected chi connectivity index (χ0v) is 15.4. The molecule has 1 amide bonds. The van der Waals surface area contributed by atoms with E-state index in [1.165, 1.54) is 12.1 Å². The monoisotopic (exact) mass is 396 g/mol. The standard InChI is InChI=1S/C17H21FN4O4S/c18-15-7-14(2-1-13(15)11-22-27(24)25)17(3-5-26-6-4-17)16(23)19-8-12-9-20-21-10-12/h1-2,7,9-10,27H,3-6,8,11H2,(H,19,23)(H,20,21)(H,22,24,25). The quantitative estimate of drug-likeness (QED) is 0.510. The van der Waals surface area contributed by atoms with E-state index in [0.717, 1.165) is 5.56 Å². The SMILES string of the molecule is O=C(NCc1cn[nH]c1)C1(c2ccc(CN[SH](=O)=O)c(F)c2)CCOCC1. The van der Waals surface area contributed by atoms with Gasteiger partial charge in [0.15, 0.2) is 0 Å². The first kappa shape index (κ1) is 19.5. The Morgan fingerprint density at radius 1 is 1.30 bits per heavy atom. The van der Waals surface area contributed by atoms with Gasteiger partial charge in [0, 0.05) is 43.6 Å². The lowest BCUT2D eigenvalue weighted by atomic mass is 9.73. The lowest BCUT2D eigenvalue weighted by Gasteiger charge is -2.36. The van der Waals surface area contributed by atoms with E-state index >= 15 is 0 Å². The highest BCUT2D eigenvalue weighted by Crippen LogP contribution is 2.36. The van der Waals surface area contributed by atoms with Crippen LogP contribution in [-0.4, -0.2) is 37.7 Å². The van der Waals surface area contributed by atoms with Crippen molar-refractivity contribution in [3.05, 3.63) is 53.1 Å². The molecule has 10 heteroatoms. The van der Waals surface area contributed by atoms with Gasteiger partial charge in [0.25, 0.3) is 0 Å². The summed E-state index contributed by atoms with van der Waals surface area (Å²) in [6, 6.07) is 4.51. The van der Waals surface area contributed by atoms with Gasteiger partial charge in [0.2, 0.25) is 16.8 Å². The number of hydrogen-bond donors (Lipinski definition) is 4. The van der Waals surface area contributed by atoms with E-state index in [1.54, 1.807) is 18.5 Å². The van der Waals surface area contributed by atoms with Crippen LogP contribution >= 0.6 is 0 Å². The predicted molar refractivity (Wildman–Crippen MR) is 95.7 cm³/mol. The number of aromatic amines is 1. The Hall–Kier alpha value is -2.30. The van der Waals surface area contributed by atoms with Crippen molar-refractivity contribution in [2.45, 2.75) is 31.3 Å². The van der Waals surface area contributed by atoms with Crippen LogP contribution < -0.4 is 10.0 Å². The second-order valence-electron chi connectivity index (χ2n) is 6.38. The molecule has 0 aliphatic carbocycles. The number of nitrogens with one attached hydrogen (secondary N) is 3. The Bertz CT molecular complexity index is 856. The van der Waals surface area contributed by atoms with E-state index in [-0.39, 0.29) is 18.0 Å². The lowest BCUT2D eigenvalue weighted by Crippen LogP contribution is -2.47. The number of halogens is 1. The van der Waals surface area contributed by atoms with Crippen LogP contribution in [0.2, 0.25) is 0 Å². The summed E-state index contributed by atoms with van der Waals surface area (Å²) in [7, 11) is -2.80. The highest BCUT2D eigenvalue weighted by molar-refractivity contribution is 7.70. The molecular formula is C17H21FN4O4S. The number of ether oxygens (including phenoxy) is 1. The molecule has 0 bridgehead atoms. The van der Waals surface area contributed by atoms with E-state index in [2.05, 4.69) is 20.2 Å². The number of aromatic nitrogens is 2. The molecule has 2 aromatic rings. The van der Waals surface area contributed by atoms with Crippen molar-refractivity contribution >= 4 is 16.8 Å². The molecule has 1 aliphatic rings. The molecule has 1 saturated heterocycles. The third-order valence-corrected chi connectivity index (χ3v) is 5.21. The van der Waals surface area contributed by atoms with Crippen LogP contribution in [0.5, 0.6) is 0 Å². The number of rotatable bonds is 7. The largest absolute Gasteiger partial charge is 0.381 e. The van der Waals surface area contributed by atoms with E-state index in [0.29, 0.717) is 38.2 Å². The fraction of sp³-hybridized carbons (Fsp3) is 0.412. The average Bonchev–Trinajstić information content (AvgIpc) is 3.19. The number of benzene rings is 1. The van der Waals surface area contributed by atoms with Crippen LogP contribution in [0.25, 0.3) is 0 Å². The molecule has 2 heterocycles. The molecule has 3 rings (SSSR count). The summed E-state index contributed by atoms with van der Waals surface area (Å²) in [5.74, 6) is -0.745. The molecule has 1 aliphatic heterocycles. The van der Waals surface area contributed by atoms with Gasteiger partial charge in [-0.3, -0.25) is 9.89 Å². The number of H-pyrrole nitrogens is 1. The minimum Gasteiger partial charge on any atom is -0.381 e. The second kappa shape index (κ2) is 8.59. The van der Waals surface area contributed by atoms with E-state index in [1.807, 2.05) is 0 Å². The molecule has 1 fully saturated rings. The number of nitrogens with zero attached hydrogens (tertiary/aromatic N) is 1. The molecule has 27 heavy (non-hydrogen) atoms. The van der Waals surface area contributed by atoms with Crippen LogP contribution in [0.3, 0.4) is 0 Å². The van der Waals surface area contributed by atoms with Crippen molar-refractivity contribution in [1.29, 1.82) is 0 Å². The molecule has 0 radical (unpaired) electrons. The van der Waals surface area contributed by atoms with Crippen molar-refractivity contribution < 1.29 is 22.3 Å². The van der Waals surface area contributed by atoms with Crippen LogP contribution in [0, 0.1) is 5.82 Å². The Balaban J connectivity index is 1.83. The van der Waals surface area contributed by atoms with Gasteiger partial charge >= 0.3 is 0 Å². The summed E-state index contributed by atoms with van der Waals surface area (Å²) in [5.41, 5.74) is 0.727. The Kier molecular flexibility index (Phi) is 6.19. The van der Waals surface area contributed by atoms with Crippen LogP contribution in [0.15, 0.2) is 30.6 Å². The fourth-order valence-corrected chi connectivity index (χ4v) is 3.53. The summed E-state index contributed by atoms with van der Waals surface area (Å²) in [4.78, 5) is 13.0. The number of carbonyl (C=O) groups is 1. The summed E-state index contributed by atoms with van der Waals surface area (Å²) in [6.07, 6.45) is 4.19. The summed E-state index contributed by atoms with van der Waals surface area (Å²) >= 11 is 0. The Morgan fingerprint density at radius 2 is 2.07 bits per heavy atom. The van der Waals surface area contributed by atoms with Crippen LogP contribution in [0.4, 0.5) is 4.39 Å². The Labute approximate surface area is 157 Å². The van der Waals surface area contributed by atoms with Gasteiger partial charge in [-0.1, -0.05) is 12.1 Å². The molecule has 146 valence electrons. The molecule has 0 saturated carbocycles. The van der Waals surface area contributed by atoms with Gasteiger partial charge in [0.1, 0.15) is 5.82 Å². The van der Waals surface area contributed by atoms with Gasteiger partial charge in [-0.2, -0.15) is 5.10 Å². The van der Waals surface area contributed by atoms with E-state index in [9.17, 15) is 17.6 Å². The topological polar surface area (TPSA) is 113 Å². The first-order valence-electron chi connectivity index (χ1n) is 8.52. The third kappa shape index (κ3) is 4.52. The Morgan fingerprint density at radius 3 is 2.70 bits per heavy atom. The highest BCUT2D eigenvalue weighted by Gasteiger charge is 2.42. The minimum absolute atomic E-state index is 0.131. The van der Waals surface area contributed by atoms with Crippen molar-refractivity contribution in [3.8, 4) is 0 Å². The maximum absolute atomic E-state index is 14.5. The molecule has 8 nitrogen and oxygen atoms in total. The first-order valence-corrected chi connectivity index (χ1v) is 9.69. The van der Waals surface area contributed by atoms with Gasteiger partial charge < -0.3 is 10.1 Å². The van der Waals surface area contributed by atoms with Crippen molar-refractivity contribution in [2.75, 3.05) is 13.2 Å². The summed E-state index contributed by atoms with van der Waals surface area (Å²) in [5, 5.41) is 9.43. The number of thiol groups is 1. The van der Waals surface area contributed by atoms with Crippen molar-refractivity contribution in [1.82, 2.24) is 20.2 Å². The number of carbonyl (C=O) groups excluding carboxylic acids is 1. The van der Waals surface area contributed by atoms with Crippen molar-refractivity contribution in [2.24, 2.45) is 0 Å². The molecule has 1 aromatic heterocycles. The van der Waals surface area contributed by atoms with Gasteiger partial charge in [-0.25, -0.2) is 17.5 Å². The average molecular weight is 396 g/mol. The van der Waals surface area contributed by atoms with Crippen LogP contribution in [-0.2, 0) is 38.9 Å². The zero-order chi connectivity index (χ0) is 19.3. The lowest BCUT2D eigenvalue weighted by molar-refractivity contribution is -0.130. The maximum atomic E-state index is 14.5. The van der Waals surface area contributed by atoms with Gasteiger partial charge in [0.05, 0.1) is 11.6 Å². The van der Waals surface area contributed by atoms with Crippen molar-refractivity contribution in [3.63, 3.8) is 0 Å². The molecule has 0 spiro atoms. The second-order valence-corrected chi connectivity index (χ2v) is 7.21. The summed E-state index contributed by atoms with van der Waals surface area (Å²) < 4.78 is 43.3. The maximum Gasteiger partial charge on any atom is 0.231 e. The number of amides is 1. The molecule has 0 atom stereocenters. The van der Waals surface area contributed by atoms with Gasteiger partial charge in [-0.05, 0) is 24.5 Å². The normalized spacial score (nSPS) is 16.4. The van der Waals surface area contributed by atoms with E-state index < -0.39 is 22.1 Å². The molecular weight excluding hydrogens is 375 g/mol. The smallest absolute Gasteiger partial charge is 0.231 e. The minimum atomic E-state index is -2.80. The zero-order valence-electron chi connectivity index (χ0n) is 14.5. The summed E-state index contributed by atoms with van der Waals surface area (Å²) in [6.45, 7) is 0.994. The molecule has 3 N–H and O–H groups in total. The van der Waals surface area contributed by atoms with Gasteiger partial charge in [-0.15, -0.1) is 0 Å². The predicted octanol–water partition coefficient (Wildman–Crippen LogP) is 0.529. The highest BCUT2D eigenvalue weighted by atomic mass is 32.2. The fourth-order valence-electron chi connectivity index (χ4n) is 3.23. The van der Waals surface area contributed by atoms with Crippen LogP contribution in [0.1, 0.15) is 29.5 Å². The van der Waals surface area contributed by atoms with E-state index in [4.69, 9.17) is 4.74 Å². The third-order valence-electron chi connectivity index (χ3n) is 4.79. The molecule has 0 unspecified atom stereocenters. The molecule has 1 aromatic carbocycles. The first-order chi connectivity index (χ1) is 13.0. The number of hydrogen-bond acceptors (Lipinski definition) is 5.